The van der Waals surface area contributed by atoms with Crippen LogP contribution in [0.1, 0.15) is 24.1 Å². The van der Waals surface area contributed by atoms with Crippen molar-refractivity contribution < 1.29 is 9.59 Å². The molecular weight excluding hydrogens is 290 g/mol. The summed E-state index contributed by atoms with van der Waals surface area (Å²) >= 11 is 0. The third-order valence-corrected chi connectivity index (χ3v) is 3.38. The normalized spacial score (nSPS) is 11.3. The maximum absolute atomic E-state index is 11.9. The molecule has 0 aromatic heterocycles. The number of carbonyl (C=O) groups excluding carboxylic acids is 2. The summed E-state index contributed by atoms with van der Waals surface area (Å²) in [5.74, 6) is -0.226. The lowest BCUT2D eigenvalue weighted by atomic mass is 10.1. The van der Waals surface area contributed by atoms with E-state index in [1.807, 2.05) is 67.6 Å². The molecule has 0 bridgehead atoms. The smallest absolute Gasteiger partial charge is 0.315 e. The summed E-state index contributed by atoms with van der Waals surface area (Å²) in [6, 6.07) is 18.8. The second-order valence-corrected chi connectivity index (χ2v) is 5.22. The number of hydrogen-bond acceptors (Lipinski definition) is 2. The van der Waals surface area contributed by atoms with Crippen molar-refractivity contribution in [3.63, 3.8) is 0 Å². The zero-order valence-corrected chi connectivity index (χ0v) is 13.1. The minimum Gasteiger partial charge on any atom is -0.348 e. The van der Waals surface area contributed by atoms with E-state index in [1.165, 1.54) is 0 Å². The van der Waals surface area contributed by atoms with E-state index in [9.17, 15) is 9.59 Å². The van der Waals surface area contributed by atoms with Gasteiger partial charge in [0.15, 0.2) is 0 Å². The van der Waals surface area contributed by atoms with Gasteiger partial charge in [0.05, 0.1) is 12.6 Å². The molecule has 3 N–H and O–H groups in total. The van der Waals surface area contributed by atoms with E-state index < -0.39 is 0 Å². The Kier molecular flexibility index (Phi) is 6.17. The van der Waals surface area contributed by atoms with Crippen molar-refractivity contribution in [1.29, 1.82) is 0 Å². The molecule has 1 atom stereocenters. The molecule has 2 rings (SSSR count). The first-order valence-electron chi connectivity index (χ1n) is 7.55. The molecule has 0 spiro atoms. The van der Waals surface area contributed by atoms with E-state index in [4.69, 9.17) is 0 Å². The highest BCUT2D eigenvalue weighted by atomic mass is 16.2. The fourth-order valence-electron chi connectivity index (χ4n) is 2.12. The molecule has 23 heavy (non-hydrogen) atoms. The third-order valence-electron chi connectivity index (χ3n) is 3.38. The van der Waals surface area contributed by atoms with E-state index in [1.54, 1.807) is 0 Å². The zero-order chi connectivity index (χ0) is 16.5. The molecule has 0 aliphatic carbocycles. The predicted octanol–water partition coefficient (Wildman–Crippen LogP) is 2.36. The van der Waals surface area contributed by atoms with Crippen molar-refractivity contribution in [3.05, 3.63) is 71.8 Å². The quantitative estimate of drug-likeness (QED) is 0.766. The molecule has 5 nitrogen and oxygen atoms in total. The Morgan fingerprint density at radius 3 is 2.17 bits per heavy atom. The van der Waals surface area contributed by atoms with Gasteiger partial charge in [-0.1, -0.05) is 60.7 Å². The molecule has 0 saturated carbocycles. The SMILES string of the molecule is C[C@@H](NC(=O)CNC(=O)NCc1ccccc1)c1ccccc1. The summed E-state index contributed by atoms with van der Waals surface area (Å²) in [4.78, 5) is 23.5. The standard InChI is InChI=1S/C18H21N3O2/c1-14(16-10-6-3-7-11-16)21-17(22)13-20-18(23)19-12-15-8-4-2-5-9-15/h2-11,14H,12-13H2,1H3,(H,21,22)(H2,19,20,23)/t14-/m1/s1. The average Bonchev–Trinajstić information content (AvgIpc) is 2.60. The molecule has 2 aromatic carbocycles. The zero-order valence-electron chi connectivity index (χ0n) is 13.1. The molecule has 5 heteroatoms. The van der Waals surface area contributed by atoms with Crippen molar-refractivity contribution in [2.45, 2.75) is 19.5 Å². The fourth-order valence-corrected chi connectivity index (χ4v) is 2.12. The van der Waals surface area contributed by atoms with E-state index in [0.29, 0.717) is 6.54 Å². The van der Waals surface area contributed by atoms with E-state index in [-0.39, 0.29) is 24.5 Å². The van der Waals surface area contributed by atoms with Crippen LogP contribution in [0.2, 0.25) is 0 Å². The molecule has 0 radical (unpaired) electrons. The lowest BCUT2D eigenvalue weighted by Gasteiger charge is -2.14. The summed E-state index contributed by atoms with van der Waals surface area (Å²) in [6.45, 7) is 2.27. The van der Waals surface area contributed by atoms with Crippen molar-refractivity contribution in [2.24, 2.45) is 0 Å². The van der Waals surface area contributed by atoms with Crippen LogP contribution in [0.5, 0.6) is 0 Å². The minimum atomic E-state index is -0.364. The van der Waals surface area contributed by atoms with Gasteiger partial charge in [-0.2, -0.15) is 0 Å². The Morgan fingerprint density at radius 1 is 0.913 bits per heavy atom. The number of rotatable bonds is 6. The number of urea groups is 1. The molecule has 0 unspecified atom stereocenters. The first-order valence-corrected chi connectivity index (χ1v) is 7.55. The van der Waals surface area contributed by atoms with Crippen LogP contribution in [0.3, 0.4) is 0 Å². The van der Waals surface area contributed by atoms with Crippen molar-refractivity contribution >= 4 is 11.9 Å². The number of benzene rings is 2. The lowest BCUT2D eigenvalue weighted by molar-refractivity contribution is -0.120. The van der Waals surface area contributed by atoms with Gasteiger partial charge in [0, 0.05) is 6.54 Å². The number of amides is 3. The summed E-state index contributed by atoms with van der Waals surface area (Å²) in [5.41, 5.74) is 2.03. The Hall–Kier alpha value is -2.82. The first kappa shape index (κ1) is 16.5. The highest BCUT2D eigenvalue weighted by Crippen LogP contribution is 2.10. The topological polar surface area (TPSA) is 70.2 Å². The van der Waals surface area contributed by atoms with Gasteiger partial charge >= 0.3 is 6.03 Å². The molecule has 120 valence electrons. The van der Waals surface area contributed by atoms with Crippen molar-refractivity contribution in [2.75, 3.05) is 6.54 Å². The van der Waals surface area contributed by atoms with Gasteiger partial charge < -0.3 is 16.0 Å². The Balaban J connectivity index is 1.68. The predicted molar refractivity (Wildman–Crippen MR) is 89.7 cm³/mol. The monoisotopic (exact) mass is 311 g/mol. The molecule has 0 aliphatic heterocycles. The van der Waals surface area contributed by atoms with E-state index in [0.717, 1.165) is 11.1 Å². The highest BCUT2D eigenvalue weighted by Gasteiger charge is 2.10. The molecular formula is C18H21N3O2. The Labute approximate surface area is 136 Å². The molecule has 0 heterocycles. The second-order valence-electron chi connectivity index (χ2n) is 5.22. The van der Waals surface area contributed by atoms with Gasteiger partial charge in [-0.3, -0.25) is 4.79 Å². The average molecular weight is 311 g/mol. The third kappa shape index (κ3) is 5.82. The minimum absolute atomic E-state index is 0.0577. The number of carbonyl (C=O) groups is 2. The number of hydrogen-bond donors (Lipinski definition) is 3. The largest absolute Gasteiger partial charge is 0.348 e. The maximum atomic E-state index is 11.9. The van der Waals surface area contributed by atoms with Gasteiger partial charge in [0.1, 0.15) is 0 Å². The summed E-state index contributed by atoms with van der Waals surface area (Å²) in [6.07, 6.45) is 0. The van der Waals surface area contributed by atoms with Crippen LogP contribution in [0.15, 0.2) is 60.7 Å². The van der Waals surface area contributed by atoms with Crippen LogP contribution in [0.4, 0.5) is 4.79 Å². The van der Waals surface area contributed by atoms with Gasteiger partial charge in [0.2, 0.25) is 5.91 Å². The van der Waals surface area contributed by atoms with Gasteiger partial charge in [-0.15, -0.1) is 0 Å². The number of nitrogens with one attached hydrogen (secondary N) is 3. The van der Waals surface area contributed by atoms with E-state index in [2.05, 4.69) is 16.0 Å². The molecule has 0 fully saturated rings. The van der Waals surface area contributed by atoms with Gasteiger partial charge in [-0.05, 0) is 18.1 Å². The van der Waals surface area contributed by atoms with Crippen LogP contribution in [0, 0.1) is 0 Å². The van der Waals surface area contributed by atoms with Crippen LogP contribution in [0.25, 0.3) is 0 Å². The van der Waals surface area contributed by atoms with Crippen molar-refractivity contribution in [1.82, 2.24) is 16.0 Å². The molecule has 0 saturated heterocycles. The summed E-state index contributed by atoms with van der Waals surface area (Å²) in [5, 5.41) is 8.10. The second kappa shape index (κ2) is 8.58. The van der Waals surface area contributed by atoms with Crippen LogP contribution >= 0.6 is 0 Å². The van der Waals surface area contributed by atoms with Crippen LogP contribution in [-0.2, 0) is 11.3 Å². The first-order chi connectivity index (χ1) is 11.1. The van der Waals surface area contributed by atoms with Gasteiger partial charge in [0.25, 0.3) is 0 Å². The molecule has 0 aliphatic rings. The Morgan fingerprint density at radius 2 is 1.52 bits per heavy atom. The highest BCUT2D eigenvalue weighted by molar-refractivity contribution is 5.84. The fraction of sp³-hybridized carbons (Fsp3) is 0.222. The van der Waals surface area contributed by atoms with E-state index >= 15 is 0 Å². The lowest BCUT2D eigenvalue weighted by Crippen LogP contribution is -2.42. The summed E-state index contributed by atoms with van der Waals surface area (Å²) in [7, 11) is 0. The van der Waals surface area contributed by atoms with Gasteiger partial charge in [-0.25, -0.2) is 4.79 Å². The summed E-state index contributed by atoms with van der Waals surface area (Å²) < 4.78 is 0. The molecule has 3 amide bonds. The maximum Gasteiger partial charge on any atom is 0.315 e. The van der Waals surface area contributed by atoms with Crippen molar-refractivity contribution in [3.8, 4) is 0 Å². The van der Waals surface area contributed by atoms with Crippen LogP contribution < -0.4 is 16.0 Å². The van der Waals surface area contributed by atoms with Crippen LogP contribution in [-0.4, -0.2) is 18.5 Å². The molecule has 2 aromatic rings. The Bertz CT molecular complexity index is 629.